The van der Waals surface area contributed by atoms with Crippen LogP contribution in [0.15, 0.2) is 11.6 Å². The Bertz CT molecular complexity index is 314. The largest absolute Gasteiger partial charge is 0.373 e. The number of carbonyl (C=O) groups excluding carboxylic acids is 1. The molecule has 0 spiro atoms. The minimum absolute atomic E-state index is 0.112. The molecule has 3 unspecified atom stereocenters. The van der Waals surface area contributed by atoms with Crippen LogP contribution < -0.4 is 0 Å². The second kappa shape index (κ2) is 3.44. The van der Waals surface area contributed by atoms with E-state index in [0.717, 1.165) is 6.42 Å². The summed E-state index contributed by atoms with van der Waals surface area (Å²) in [5, 5.41) is 0. The lowest BCUT2D eigenvalue weighted by Gasteiger charge is -2.35. The van der Waals surface area contributed by atoms with E-state index in [0.29, 0.717) is 18.4 Å². The van der Waals surface area contributed by atoms with Crippen LogP contribution in [0.3, 0.4) is 0 Å². The lowest BCUT2D eigenvalue weighted by Crippen LogP contribution is -2.34. The van der Waals surface area contributed by atoms with Crippen molar-refractivity contribution in [2.45, 2.75) is 52.7 Å². The standard InChI is InChI=1S/C13H20O2/c1-8-5-6-11-13(3,4)12(8)10(15-11)7-9(2)14/h5,10-12H,6-7H2,1-4H3. The second-order valence-corrected chi connectivity index (χ2v) is 5.55. The molecule has 2 heteroatoms. The number of ketones is 1. The fourth-order valence-corrected chi connectivity index (χ4v) is 3.25. The molecule has 1 aliphatic carbocycles. The minimum atomic E-state index is 0.112. The molecule has 2 rings (SSSR count). The van der Waals surface area contributed by atoms with Gasteiger partial charge in [-0.25, -0.2) is 0 Å². The monoisotopic (exact) mass is 208 g/mol. The van der Waals surface area contributed by atoms with Crippen LogP contribution in [0.1, 0.15) is 40.5 Å². The third-order valence-corrected chi connectivity index (χ3v) is 3.98. The van der Waals surface area contributed by atoms with Crippen LogP contribution in [0.4, 0.5) is 0 Å². The van der Waals surface area contributed by atoms with Gasteiger partial charge in [0, 0.05) is 17.8 Å². The molecule has 2 nitrogen and oxygen atoms in total. The molecule has 0 aromatic carbocycles. The molecule has 0 aromatic rings. The van der Waals surface area contributed by atoms with Crippen LogP contribution in [0.25, 0.3) is 0 Å². The average molecular weight is 208 g/mol. The number of fused-ring (bicyclic) bond motifs is 2. The first-order valence-corrected chi connectivity index (χ1v) is 5.74. The molecule has 0 N–H and O–H groups in total. The van der Waals surface area contributed by atoms with Gasteiger partial charge in [0.05, 0.1) is 12.2 Å². The van der Waals surface area contributed by atoms with Gasteiger partial charge >= 0.3 is 0 Å². The molecule has 1 aliphatic heterocycles. The average Bonchev–Trinajstić information content (AvgIpc) is 2.25. The molecule has 0 radical (unpaired) electrons. The van der Waals surface area contributed by atoms with Gasteiger partial charge in [-0.05, 0) is 20.3 Å². The van der Waals surface area contributed by atoms with Gasteiger partial charge in [-0.15, -0.1) is 0 Å². The lowest BCUT2D eigenvalue weighted by molar-refractivity contribution is -0.119. The highest BCUT2D eigenvalue weighted by molar-refractivity contribution is 5.76. The van der Waals surface area contributed by atoms with Crippen LogP contribution in [0.5, 0.6) is 0 Å². The summed E-state index contributed by atoms with van der Waals surface area (Å²) in [6, 6.07) is 0. The van der Waals surface area contributed by atoms with Crippen molar-refractivity contribution in [3.8, 4) is 0 Å². The summed E-state index contributed by atoms with van der Waals surface area (Å²) >= 11 is 0. The van der Waals surface area contributed by atoms with Crippen molar-refractivity contribution in [2.24, 2.45) is 11.3 Å². The van der Waals surface area contributed by atoms with E-state index in [1.54, 1.807) is 6.92 Å². The number of carbonyl (C=O) groups is 1. The van der Waals surface area contributed by atoms with E-state index in [9.17, 15) is 4.79 Å². The molecular weight excluding hydrogens is 188 g/mol. The topological polar surface area (TPSA) is 26.3 Å². The van der Waals surface area contributed by atoms with Crippen molar-refractivity contribution in [1.82, 2.24) is 0 Å². The zero-order chi connectivity index (χ0) is 11.2. The van der Waals surface area contributed by atoms with Crippen LogP contribution >= 0.6 is 0 Å². The Balaban J connectivity index is 2.26. The highest BCUT2D eigenvalue weighted by atomic mass is 16.5. The molecule has 2 bridgehead atoms. The lowest BCUT2D eigenvalue weighted by atomic mass is 9.67. The first-order valence-electron chi connectivity index (χ1n) is 5.74. The van der Waals surface area contributed by atoms with Crippen molar-refractivity contribution in [2.75, 3.05) is 0 Å². The van der Waals surface area contributed by atoms with Gasteiger partial charge in [-0.3, -0.25) is 4.79 Å². The van der Waals surface area contributed by atoms with Gasteiger partial charge in [0.1, 0.15) is 5.78 Å². The Morgan fingerprint density at radius 2 is 2.27 bits per heavy atom. The normalized spacial score (nSPS) is 37.6. The molecule has 1 fully saturated rings. The number of Topliss-reactive ketones (excluding diaryl/α,β-unsaturated/α-hetero) is 1. The van der Waals surface area contributed by atoms with Gasteiger partial charge in [-0.1, -0.05) is 25.5 Å². The molecule has 15 heavy (non-hydrogen) atoms. The number of hydrogen-bond donors (Lipinski definition) is 0. The zero-order valence-electron chi connectivity index (χ0n) is 10.0. The maximum atomic E-state index is 11.2. The summed E-state index contributed by atoms with van der Waals surface area (Å²) < 4.78 is 6.01. The Labute approximate surface area is 91.7 Å². The van der Waals surface area contributed by atoms with E-state index in [-0.39, 0.29) is 17.3 Å². The molecule has 0 aromatic heterocycles. The van der Waals surface area contributed by atoms with Crippen LogP contribution in [0.2, 0.25) is 0 Å². The Morgan fingerprint density at radius 3 is 2.87 bits per heavy atom. The van der Waals surface area contributed by atoms with Gasteiger partial charge in [0.25, 0.3) is 0 Å². The van der Waals surface area contributed by atoms with Crippen LogP contribution in [-0.2, 0) is 9.53 Å². The van der Waals surface area contributed by atoms with E-state index in [2.05, 4.69) is 26.8 Å². The summed E-state index contributed by atoms with van der Waals surface area (Å²) in [6.45, 7) is 8.35. The first kappa shape index (κ1) is 10.9. The van der Waals surface area contributed by atoms with Crippen molar-refractivity contribution < 1.29 is 9.53 Å². The van der Waals surface area contributed by atoms with E-state index < -0.39 is 0 Å². The Kier molecular flexibility index (Phi) is 2.50. The quantitative estimate of drug-likeness (QED) is 0.652. The molecule has 1 heterocycles. The molecule has 3 atom stereocenters. The SMILES string of the molecule is CC(=O)CC1OC2CC=C(C)C1C2(C)C. The third kappa shape index (κ3) is 1.65. The van der Waals surface area contributed by atoms with Gasteiger partial charge in [-0.2, -0.15) is 0 Å². The zero-order valence-corrected chi connectivity index (χ0v) is 10.0. The number of ether oxygens (including phenoxy) is 1. The number of rotatable bonds is 2. The van der Waals surface area contributed by atoms with E-state index in [1.165, 1.54) is 5.57 Å². The maximum Gasteiger partial charge on any atom is 0.132 e. The van der Waals surface area contributed by atoms with Gasteiger partial charge in [0.2, 0.25) is 0 Å². The molecule has 0 amide bonds. The third-order valence-electron chi connectivity index (χ3n) is 3.98. The van der Waals surface area contributed by atoms with Gasteiger partial charge < -0.3 is 4.74 Å². The van der Waals surface area contributed by atoms with Crippen LogP contribution in [-0.4, -0.2) is 18.0 Å². The molecule has 1 saturated heterocycles. The fraction of sp³-hybridized carbons (Fsp3) is 0.769. The van der Waals surface area contributed by atoms with Crippen molar-refractivity contribution >= 4 is 5.78 Å². The Hall–Kier alpha value is -0.630. The molecule has 0 saturated carbocycles. The van der Waals surface area contributed by atoms with E-state index >= 15 is 0 Å². The number of hydrogen-bond acceptors (Lipinski definition) is 2. The summed E-state index contributed by atoms with van der Waals surface area (Å²) in [4.78, 5) is 11.2. The molecule has 2 aliphatic rings. The highest BCUT2D eigenvalue weighted by Crippen LogP contribution is 2.51. The predicted octanol–water partition coefficient (Wildman–Crippen LogP) is 2.73. The summed E-state index contributed by atoms with van der Waals surface area (Å²) in [6.07, 6.45) is 4.26. The first-order chi connectivity index (χ1) is 6.93. The maximum absolute atomic E-state index is 11.2. The molecule has 84 valence electrons. The predicted molar refractivity (Wildman–Crippen MR) is 59.6 cm³/mol. The fourth-order valence-electron chi connectivity index (χ4n) is 3.25. The second-order valence-electron chi connectivity index (χ2n) is 5.55. The smallest absolute Gasteiger partial charge is 0.132 e. The summed E-state index contributed by atoms with van der Waals surface area (Å²) in [5.74, 6) is 0.663. The van der Waals surface area contributed by atoms with E-state index in [1.807, 2.05) is 0 Å². The molecular formula is C13H20O2. The van der Waals surface area contributed by atoms with Crippen LogP contribution in [0, 0.1) is 11.3 Å². The summed E-state index contributed by atoms with van der Waals surface area (Å²) in [7, 11) is 0. The van der Waals surface area contributed by atoms with Crippen molar-refractivity contribution in [3.63, 3.8) is 0 Å². The van der Waals surface area contributed by atoms with E-state index in [4.69, 9.17) is 4.74 Å². The Morgan fingerprint density at radius 1 is 1.60 bits per heavy atom. The highest BCUT2D eigenvalue weighted by Gasteiger charge is 2.52. The minimum Gasteiger partial charge on any atom is -0.373 e. The summed E-state index contributed by atoms with van der Waals surface area (Å²) in [5.41, 5.74) is 1.60. The van der Waals surface area contributed by atoms with Gasteiger partial charge in [0.15, 0.2) is 0 Å². The van der Waals surface area contributed by atoms with Crippen molar-refractivity contribution in [1.29, 1.82) is 0 Å². The van der Waals surface area contributed by atoms with Crippen molar-refractivity contribution in [3.05, 3.63) is 11.6 Å².